The number of nitrogens with zero attached hydrogens (tertiary/aromatic N) is 1. The van der Waals surface area contributed by atoms with Crippen LogP contribution in [0, 0.1) is 0 Å². The van der Waals surface area contributed by atoms with Crippen molar-refractivity contribution in [1.29, 1.82) is 0 Å². The molecule has 8 heteroatoms. The molecule has 0 unspecified atom stereocenters. The first kappa shape index (κ1) is 14.3. The lowest BCUT2D eigenvalue weighted by Gasteiger charge is -2.06. The van der Waals surface area contributed by atoms with Gasteiger partial charge in [0, 0.05) is 10.2 Å². The molecule has 108 valence electrons. The van der Waals surface area contributed by atoms with Crippen molar-refractivity contribution in [3.8, 4) is 0 Å². The van der Waals surface area contributed by atoms with Gasteiger partial charge in [-0.05, 0) is 46.3 Å². The van der Waals surface area contributed by atoms with Crippen LogP contribution in [-0.2, 0) is 10.0 Å². The van der Waals surface area contributed by atoms with Crippen molar-refractivity contribution in [2.45, 2.75) is 4.90 Å². The van der Waals surface area contributed by atoms with Crippen molar-refractivity contribution in [2.24, 2.45) is 0 Å². The SMILES string of the molecule is Nc1ccc(S(=O)(=O)Nc2nc3ccccc3s2)cc1Br. The number of fused-ring (bicyclic) bond motifs is 1. The number of benzene rings is 2. The smallest absolute Gasteiger partial charge is 0.263 e. The number of thiazole rings is 1. The van der Waals surface area contributed by atoms with E-state index in [-0.39, 0.29) is 4.90 Å². The number of hydrogen-bond donors (Lipinski definition) is 2. The number of nitrogen functional groups attached to an aromatic ring is 1. The summed E-state index contributed by atoms with van der Waals surface area (Å²) >= 11 is 4.51. The number of sulfonamides is 1. The Hall–Kier alpha value is -1.64. The molecule has 0 spiro atoms. The molecule has 0 bridgehead atoms. The van der Waals surface area contributed by atoms with Crippen LogP contribution in [-0.4, -0.2) is 13.4 Å². The van der Waals surface area contributed by atoms with Crippen LogP contribution in [0.1, 0.15) is 0 Å². The molecule has 3 rings (SSSR count). The fraction of sp³-hybridized carbons (Fsp3) is 0. The van der Waals surface area contributed by atoms with Crippen LogP contribution in [0.5, 0.6) is 0 Å². The molecule has 0 saturated carbocycles. The van der Waals surface area contributed by atoms with E-state index in [1.54, 1.807) is 0 Å². The summed E-state index contributed by atoms with van der Waals surface area (Å²) in [4.78, 5) is 4.38. The Labute approximate surface area is 134 Å². The normalized spacial score (nSPS) is 11.7. The van der Waals surface area contributed by atoms with Gasteiger partial charge in [0.15, 0.2) is 5.13 Å². The minimum atomic E-state index is -3.69. The highest BCUT2D eigenvalue weighted by Crippen LogP contribution is 2.29. The van der Waals surface area contributed by atoms with Gasteiger partial charge in [0.1, 0.15) is 0 Å². The second-order valence-corrected chi connectivity index (χ2v) is 7.84. The number of hydrogen-bond acceptors (Lipinski definition) is 5. The van der Waals surface area contributed by atoms with Crippen LogP contribution in [0.25, 0.3) is 10.2 Å². The third-order valence-corrected chi connectivity index (χ3v) is 5.90. The Balaban J connectivity index is 1.96. The van der Waals surface area contributed by atoms with Gasteiger partial charge in [-0.15, -0.1) is 0 Å². The van der Waals surface area contributed by atoms with Crippen molar-refractivity contribution >= 4 is 58.3 Å². The molecule has 0 saturated heterocycles. The highest BCUT2D eigenvalue weighted by molar-refractivity contribution is 9.10. The molecule has 0 fully saturated rings. The van der Waals surface area contributed by atoms with Gasteiger partial charge in [0.25, 0.3) is 10.0 Å². The molecule has 2 aromatic carbocycles. The van der Waals surface area contributed by atoms with E-state index in [2.05, 4.69) is 25.6 Å². The topological polar surface area (TPSA) is 85.1 Å². The molecule has 0 aliphatic rings. The Morgan fingerprint density at radius 2 is 1.95 bits per heavy atom. The van der Waals surface area contributed by atoms with E-state index in [1.807, 2.05) is 24.3 Å². The standard InChI is InChI=1S/C13H10BrN3O2S2/c14-9-7-8(5-6-10(9)15)21(18,19)17-13-16-11-3-1-2-4-12(11)20-13/h1-7H,15H2,(H,16,17). The number of anilines is 2. The summed E-state index contributed by atoms with van der Waals surface area (Å²) in [5.74, 6) is 0. The monoisotopic (exact) mass is 383 g/mol. The van der Waals surface area contributed by atoms with E-state index in [1.165, 1.54) is 29.5 Å². The number of rotatable bonds is 3. The zero-order valence-electron chi connectivity index (χ0n) is 10.6. The van der Waals surface area contributed by atoms with Gasteiger partial charge in [-0.2, -0.15) is 0 Å². The van der Waals surface area contributed by atoms with Crippen molar-refractivity contribution in [1.82, 2.24) is 4.98 Å². The Morgan fingerprint density at radius 1 is 1.19 bits per heavy atom. The minimum absolute atomic E-state index is 0.128. The van der Waals surface area contributed by atoms with Gasteiger partial charge in [-0.3, -0.25) is 4.72 Å². The number of nitrogens with one attached hydrogen (secondary N) is 1. The molecular weight excluding hydrogens is 374 g/mol. The largest absolute Gasteiger partial charge is 0.398 e. The number of para-hydroxylation sites is 1. The molecule has 21 heavy (non-hydrogen) atoms. The second kappa shape index (κ2) is 5.28. The molecule has 3 aromatic rings. The molecule has 5 nitrogen and oxygen atoms in total. The van der Waals surface area contributed by atoms with Crippen LogP contribution >= 0.6 is 27.3 Å². The van der Waals surface area contributed by atoms with E-state index in [0.29, 0.717) is 15.3 Å². The molecule has 0 aliphatic heterocycles. The predicted octanol–water partition coefficient (Wildman–Crippen LogP) is 3.44. The summed E-state index contributed by atoms with van der Waals surface area (Å²) in [6.45, 7) is 0. The maximum atomic E-state index is 12.3. The van der Waals surface area contributed by atoms with Crippen molar-refractivity contribution in [3.63, 3.8) is 0 Å². The zero-order valence-corrected chi connectivity index (χ0v) is 13.8. The fourth-order valence-electron chi connectivity index (χ4n) is 1.76. The Bertz CT molecular complexity index is 889. The fourth-order valence-corrected chi connectivity index (χ4v) is 4.42. The average molecular weight is 384 g/mol. The van der Waals surface area contributed by atoms with Crippen LogP contribution in [0.4, 0.5) is 10.8 Å². The highest BCUT2D eigenvalue weighted by atomic mass is 79.9. The van der Waals surface area contributed by atoms with Crippen molar-refractivity contribution in [2.75, 3.05) is 10.5 Å². The van der Waals surface area contributed by atoms with Gasteiger partial charge in [0.05, 0.1) is 15.1 Å². The number of halogens is 1. The van der Waals surface area contributed by atoms with E-state index in [9.17, 15) is 8.42 Å². The van der Waals surface area contributed by atoms with Crippen molar-refractivity contribution < 1.29 is 8.42 Å². The lowest BCUT2D eigenvalue weighted by atomic mass is 10.3. The number of nitrogens with two attached hydrogens (primary N) is 1. The summed E-state index contributed by atoms with van der Waals surface area (Å²) in [5.41, 5.74) is 6.91. The van der Waals surface area contributed by atoms with Crippen LogP contribution < -0.4 is 10.5 Å². The first-order chi connectivity index (χ1) is 9.95. The summed E-state index contributed by atoms with van der Waals surface area (Å²) in [6, 6.07) is 11.9. The van der Waals surface area contributed by atoms with Gasteiger partial charge in [-0.25, -0.2) is 13.4 Å². The maximum Gasteiger partial charge on any atom is 0.263 e. The van der Waals surface area contributed by atoms with Crippen LogP contribution in [0.15, 0.2) is 51.8 Å². The van der Waals surface area contributed by atoms with Gasteiger partial charge in [-0.1, -0.05) is 23.5 Å². The van der Waals surface area contributed by atoms with Crippen LogP contribution in [0.3, 0.4) is 0 Å². The Morgan fingerprint density at radius 3 is 2.67 bits per heavy atom. The molecule has 1 heterocycles. The molecule has 0 amide bonds. The zero-order chi connectivity index (χ0) is 15.0. The summed E-state index contributed by atoms with van der Waals surface area (Å²) in [6.07, 6.45) is 0. The summed E-state index contributed by atoms with van der Waals surface area (Å²) in [5, 5.41) is 0.337. The molecular formula is C13H10BrN3O2S2. The molecule has 1 aromatic heterocycles. The second-order valence-electron chi connectivity index (χ2n) is 4.28. The molecule has 0 atom stereocenters. The van der Waals surface area contributed by atoms with E-state index in [0.717, 1.165) is 10.2 Å². The van der Waals surface area contributed by atoms with Crippen molar-refractivity contribution in [3.05, 3.63) is 46.9 Å². The first-order valence-electron chi connectivity index (χ1n) is 5.89. The average Bonchev–Trinajstić information content (AvgIpc) is 2.82. The van der Waals surface area contributed by atoms with Crippen LogP contribution in [0.2, 0.25) is 0 Å². The van der Waals surface area contributed by atoms with E-state index in [4.69, 9.17) is 5.73 Å². The summed E-state index contributed by atoms with van der Waals surface area (Å²) in [7, 11) is -3.69. The highest BCUT2D eigenvalue weighted by Gasteiger charge is 2.17. The minimum Gasteiger partial charge on any atom is -0.398 e. The Kier molecular flexibility index (Phi) is 3.60. The summed E-state index contributed by atoms with van der Waals surface area (Å²) < 4.78 is 28.6. The first-order valence-corrected chi connectivity index (χ1v) is 8.98. The molecule has 0 aliphatic carbocycles. The third-order valence-electron chi connectivity index (χ3n) is 2.80. The van der Waals surface area contributed by atoms with Gasteiger partial charge in [0.2, 0.25) is 0 Å². The quantitative estimate of drug-likeness (QED) is 0.678. The lowest BCUT2D eigenvalue weighted by Crippen LogP contribution is -2.12. The molecule has 3 N–H and O–H groups in total. The maximum absolute atomic E-state index is 12.3. The van der Waals surface area contributed by atoms with E-state index < -0.39 is 10.0 Å². The predicted molar refractivity (Wildman–Crippen MR) is 89.0 cm³/mol. The van der Waals surface area contributed by atoms with Gasteiger partial charge >= 0.3 is 0 Å². The van der Waals surface area contributed by atoms with Gasteiger partial charge < -0.3 is 5.73 Å². The number of aromatic nitrogens is 1. The van der Waals surface area contributed by atoms with E-state index >= 15 is 0 Å². The molecule has 0 radical (unpaired) electrons. The third kappa shape index (κ3) is 2.87. The lowest BCUT2D eigenvalue weighted by molar-refractivity contribution is 0.601.